The van der Waals surface area contributed by atoms with Gasteiger partial charge in [-0.15, -0.1) is 0 Å². The monoisotopic (exact) mass is 259 g/mol. The zero-order valence-electron chi connectivity index (χ0n) is 8.83. The van der Waals surface area contributed by atoms with Gasteiger partial charge in [0.05, 0.1) is 4.99 Å². The van der Waals surface area contributed by atoms with Gasteiger partial charge in [0.1, 0.15) is 5.75 Å². The summed E-state index contributed by atoms with van der Waals surface area (Å²) in [5.74, 6) is -0.306. The number of aromatic nitrogens is 1. The van der Waals surface area contributed by atoms with Crippen LogP contribution in [0, 0.1) is 0 Å². The van der Waals surface area contributed by atoms with Crippen LogP contribution in [0.15, 0.2) is 24.5 Å². The maximum absolute atomic E-state index is 11.7. The Labute approximate surface area is 100 Å². The third-order valence-corrected chi connectivity index (χ3v) is 4.01. The van der Waals surface area contributed by atoms with Gasteiger partial charge < -0.3 is 5.73 Å². The first-order chi connectivity index (χ1) is 7.42. The summed E-state index contributed by atoms with van der Waals surface area (Å²) in [4.78, 5) is 3.88. The summed E-state index contributed by atoms with van der Waals surface area (Å²) < 4.78 is 24.6. The molecule has 5 nitrogen and oxygen atoms in total. The van der Waals surface area contributed by atoms with Gasteiger partial charge in [-0.1, -0.05) is 18.3 Å². The molecule has 2 N–H and O–H groups in total. The van der Waals surface area contributed by atoms with Crippen LogP contribution in [0.1, 0.15) is 5.56 Å². The minimum Gasteiger partial charge on any atom is -0.392 e. The Morgan fingerprint density at radius 1 is 1.62 bits per heavy atom. The third kappa shape index (κ3) is 3.84. The van der Waals surface area contributed by atoms with Crippen molar-refractivity contribution >= 4 is 27.2 Å². The van der Waals surface area contributed by atoms with Gasteiger partial charge in [-0.2, -0.15) is 0 Å². The molecule has 1 heterocycles. The molecule has 1 aromatic heterocycles. The predicted octanol–water partition coefficient (Wildman–Crippen LogP) is 0.129. The van der Waals surface area contributed by atoms with Crippen molar-refractivity contribution in [2.24, 2.45) is 5.73 Å². The van der Waals surface area contributed by atoms with Gasteiger partial charge in [0.25, 0.3) is 0 Å². The zero-order valence-corrected chi connectivity index (χ0v) is 10.5. The first-order valence-electron chi connectivity index (χ1n) is 4.53. The minimum absolute atomic E-state index is 0.0296. The van der Waals surface area contributed by atoms with Gasteiger partial charge in [0.2, 0.25) is 10.0 Å². The molecule has 88 valence electrons. The number of pyridine rings is 1. The van der Waals surface area contributed by atoms with Crippen LogP contribution in [-0.2, 0) is 16.6 Å². The fraction of sp³-hybridized carbons (Fsp3) is 0.333. The highest BCUT2D eigenvalue weighted by Gasteiger charge is 2.18. The molecule has 0 aliphatic heterocycles. The second-order valence-electron chi connectivity index (χ2n) is 3.34. The molecule has 0 aliphatic carbocycles. The second-order valence-corrected chi connectivity index (χ2v) is 5.94. The lowest BCUT2D eigenvalue weighted by molar-refractivity contribution is 0.470. The maximum Gasteiger partial charge on any atom is 0.220 e. The van der Waals surface area contributed by atoms with E-state index in [9.17, 15) is 8.42 Å². The topological polar surface area (TPSA) is 76.3 Å². The van der Waals surface area contributed by atoms with E-state index in [-0.39, 0.29) is 17.3 Å². The molecule has 0 unspecified atom stereocenters. The van der Waals surface area contributed by atoms with E-state index in [0.717, 1.165) is 5.56 Å². The van der Waals surface area contributed by atoms with Crippen molar-refractivity contribution in [1.82, 2.24) is 9.29 Å². The lowest BCUT2D eigenvalue weighted by atomic mass is 10.3. The van der Waals surface area contributed by atoms with Crippen molar-refractivity contribution in [2.75, 3.05) is 12.8 Å². The van der Waals surface area contributed by atoms with E-state index in [4.69, 9.17) is 5.73 Å². The van der Waals surface area contributed by atoms with E-state index in [1.54, 1.807) is 24.5 Å². The zero-order chi connectivity index (χ0) is 12.2. The van der Waals surface area contributed by atoms with Crippen molar-refractivity contribution in [2.45, 2.75) is 6.54 Å². The molecule has 0 aliphatic rings. The minimum atomic E-state index is -3.42. The fourth-order valence-electron chi connectivity index (χ4n) is 1.14. The van der Waals surface area contributed by atoms with Gasteiger partial charge in [0.15, 0.2) is 0 Å². The molecular weight excluding hydrogens is 246 g/mol. The number of thiocarbonyl (C=S) groups is 1. The van der Waals surface area contributed by atoms with Crippen molar-refractivity contribution in [3.05, 3.63) is 30.1 Å². The number of nitrogens with two attached hydrogens (primary N) is 1. The average molecular weight is 259 g/mol. The van der Waals surface area contributed by atoms with Crippen molar-refractivity contribution in [3.8, 4) is 0 Å². The number of hydrogen-bond acceptors (Lipinski definition) is 4. The van der Waals surface area contributed by atoms with Crippen LogP contribution in [0.2, 0.25) is 0 Å². The first-order valence-corrected chi connectivity index (χ1v) is 6.55. The average Bonchev–Trinajstić information content (AvgIpc) is 2.17. The normalized spacial score (nSPS) is 11.6. The summed E-state index contributed by atoms with van der Waals surface area (Å²) in [5, 5.41) is 0. The fourth-order valence-corrected chi connectivity index (χ4v) is 2.51. The van der Waals surface area contributed by atoms with Gasteiger partial charge >= 0.3 is 0 Å². The van der Waals surface area contributed by atoms with Crippen molar-refractivity contribution in [3.63, 3.8) is 0 Å². The summed E-state index contributed by atoms with van der Waals surface area (Å²) in [6.45, 7) is 0.263. The van der Waals surface area contributed by atoms with Crippen molar-refractivity contribution < 1.29 is 8.42 Å². The van der Waals surface area contributed by atoms with Crippen LogP contribution in [0.25, 0.3) is 0 Å². The quantitative estimate of drug-likeness (QED) is 0.761. The molecule has 7 heteroatoms. The highest BCUT2D eigenvalue weighted by atomic mass is 32.2. The lowest BCUT2D eigenvalue weighted by Crippen LogP contribution is -2.33. The van der Waals surface area contributed by atoms with E-state index in [0.29, 0.717) is 0 Å². The molecular formula is C9H13N3O2S2. The molecule has 0 spiro atoms. The van der Waals surface area contributed by atoms with E-state index in [1.807, 2.05) is 0 Å². The van der Waals surface area contributed by atoms with E-state index in [1.165, 1.54) is 11.4 Å². The standard InChI is InChI=1S/C9H13N3O2S2/c1-12(16(13,14)7-9(10)15)6-8-3-2-4-11-5-8/h2-5H,6-7H2,1H3,(H2,10,15). The van der Waals surface area contributed by atoms with Crippen LogP contribution in [-0.4, -0.2) is 35.5 Å². The second kappa shape index (κ2) is 5.33. The van der Waals surface area contributed by atoms with Gasteiger partial charge in [-0.25, -0.2) is 12.7 Å². The Balaban J connectivity index is 2.72. The summed E-state index contributed by atoms with van der Waals surface area (Å²) in [7, 11) is -1.93. The molecule has 0 radical (unpaired) electrons. The molecule has 0 aromatic carbocycles. The Hall–Kier alpha value is -1.05. The molecule has 16 heavy (non-hydrogen) atoms. The Morgan fingerprint density at radius 3 is 2.81 bits per heavy atom. The van der Waals surface area contributed by atoms with Gasteiger partial charge in [-0.05, 0) is 11.6 Å². The number of nitrogens with zero attached hydrogens (tertiary/aromatic N) is 2. The highest BCUT2D eigenvalue weighted by molar-refractivity contribution is 7.92. The molecule has 1 aromatic rings. The molecule has 0 fully saturated rings. The number of sulfonamides is 1. The Kier molecular flexibility index (Phi) is 4.34. The molecule has 0 saturated carbocycles. The summed E-state index contributed by atoms with van der Waals surface area (Å²) >= 11 is 4.59. The smallest absolute Gasteiger partial charge is 0.220 e. The van der Waals surface area contributed by atoms with Crippen molar-refractivity contribution in [1.29, 1.82) is 0 Å². The van der Waals surface area contributed by atoms with E-state index < -0.39 is 10.0 Å². The number of hydrogen-bond donors (Lipinski definition) is 1. The molecule has 0 atom stereocenters. The SMILES string of the molecule is CN(Cc1cccnc1)S(=O)(=O)CC(N)=S. The summed E-state index contributed by atoms with van der Waals surface area (Å²) in [5.41, 5.74) is 6.04. The van der Waals surface area contributed by atoms with E-state index >= 15 is 0 Å². The Morgan fingerprint density at radius 2 is 2.31 bits per heavy atom. The largest absolute Gasteiger partial charge is 0.392 e. The van der Waals surface area contributed by atoms with Crippen LogP contribution in [0.5, 0.6) is 0 Å². The van der Waals surface area contributed by atoms with Crippen LogP contribution >= 0.6 is 12.2 Å². The maximum atomic E-state index is 11.7. The summed E-state index contributed by atoms with van der Waals surface area (Å²) in [6, 6.07) is 3.56. The highest BCUT2D eigenvalue weighted by Crippen LogP contribution is 2.06. The Bertz CT molecular complexity index is 459. The van der Waals surface area contributed by atoms with Gasteiger partial charge in [0, 0.05) is 26.0 Å². The van der Waals surface area contributed by atoms with E-state index in [2.05, 4.69) is 17.2 Å². The predicted molar refractivity (Wildman–Crippen MR) is 66.3 cm³/mol. The molecule has 1 rings (SSSR count). The van der Waals surface area contributed by atoms with Crippen LogP contribution < -0.4 is 5.73 Å². The molecule has 0 saturated heterocycles. The summed E-state index contributed by atoms with van der Waals surface area (Å²) in [6.07, 6.45) is 3.25. The molecule has 0 bridgehead atoms. The number of rotatable bonds is 5. The van der Waals surface area contributed by atoms with Crippen LogP contribution in [0.3, 0.4) is 0 Å². The lowest BCUT2D eigenvalue weighted by Gasteiger charge is -2.16. The van der Waals surface area contributed by atoms with Crippen LogP contribution in [0.4, 0.5) is 0 Å². The first kappa shape index (κ1) is 13.0. The molecule has 0 amide bonds. The van der Waals surface area contributed by atoms with Gasteiger partial charge in [-0.3, -0.25) is 4.98 Å². The third-order valence-electron chi connectivity index (χ3n) is 1.93.